The van der Waals surface area contributed by atoms with Crippen molar-refractivity contribution in [2.45, 2.75) is 53.4 Å². The third kappa shape index (κ3) is 3.05. The van der Waals surface area contributed by atoms with E-state index in [0.29, 0.717) is 0 Å². The lowest BCUT2D eigenvalue weighted by Crippen LogP contribution is -2.28. The Morgan fingerprint density at radius 1 is 0.897 bits per heavy atom. The van der Waals surface area contributed by atoms with Crippen LogP contribution in [0.4, 0.5) is 0 Å². The summed E-state index contributed by atoms with van der Waals surface area (Å²) in [5.74, 6) is 1.50. The molecule has 0 saturated heterocycles. The summed E-state index contributed by atoms with van der Waals surface area (Å²) in [7, 11) is 0. The minimum absolute atomic E-state index is 0.207. The van der Waals surface area contributed by atoms with Crippen molar-refractivity contribution in [3.05, 3.63) is 93.6 Å². The van der Waals surface area contributed by atoms with Gasteiger partial charge in [-0.05, 0) is 87.5 Å². The van der Waals surface area contributed by atoms with Crippen LogP contribution in [0.5, 0.6) is 0 Å². The van der Waals surface area contributed by atoms with Gasteiger partial charge in [0.05, 0.1) is 0 Å². The summed E-state index contributed by atoms with van der Waals surface area (Å²) in [6.07, 6.45) is 11.8. The van der Waals surface area contributed by atoms with Gasteiger partial charge in [0.2, 0.25) is 0 Å². The Balaban J connectivity index is 1.84. The van der Waals surface area contributed by atoms with Crippen molar-refractivity contribution < 1.29 is 0 Å². The predicted molar refractivity (Wildman–Crippen MR) is 125 cm³/mol. The topological polar surface area (TPSA) is 0 Å². The maximum Gasteiger partial charge on any atom is -0.00223 e. The van der Waals surface area contributed by atoms with Gasteiger partial charge < -0.3 is 0 Å². The molecule has 0 nitrogen and oxygen atoms in total. The maximum atomic E-state index is 4.42. The Morgan fingerprint density at radius 2 is 1.59 bits per heavy atom. The van der Waals surface area contributed by atoms with Crippen molar-refractivity contribution in [3.63, 3.8) is 0 Å². The molecule has 3 aliphatic rings. The molecule has 3 aliphatic carbocycles. The molecule has 0 fully saturated rings. The molecular weight excluding hydrogens is 348 g/mol. The molecule has 2 aromatic rings. The molecule has 0 N–H and O–H groups in total. The van der Waals surface area contributed by atoms with Crippen LogP contribution in [0.2, 0.25) is 0 Å². The highest BCUT2D eigenvalue weighted by atomic mass is 14.4. The number of rotatable bonds is 1. The minimum atomic E-state index is 0.207. The number of hydrogen-bond acceptors (Lipinski definition) is 0. The summed E-state index contributed by atoms with van der Waals surface area (Å²) in [5, 5.41) is 0. The van der Waals surface area contributed by atoms with Crippen LogP contribution in [-0.2, 0) is 25.7 Å². The summed E-state index contributed by atoms with van der Waals surface area (Å²) in [4.78, 5) is 0. The second-order valence-corrected chi connectivity index (χ2v) is 10.3. The van der Waals surface area contributed by atoms with Crippen LogP contribution in [0, 0.1) is 17.3 Å². The molecule has 0 heterocycles. The first-order valence-corrected chi connectivity index (χ1v) is 11.2. The summed E-state index contributed by atoms with van der Waals surface area (Å²) < 4.78 is 0. The quantitative estimate of drug-likeness (QED) is 0.491. The Kier molecular flexibility index (Phi) is 4.24. The van der Waals surface area contributed by atoms with Crippen molar-refractivity contribution in [1.82, 2.24) is 0 Å². The lowest BCUT2D eigenvalue weighted by atomic mass is 9.65. The SMILES string of the molecule is C=C1C=C(c2ccccc2)c2c3c(c4c(c2C1)CC(C)C(C)C4)C=CC(C)(C)C3. The van der Waals surface area contributed by atoms with E-state index in [0.717, 1.165) is 24.7 Å². The monoisotopic (exact) mass is 380 g/mol. The fourth-order valence-electron chi connectivity index (χ4n) is 5.65. The highest BCUT2D eigenvalue weighted by Crippen LogP contribution is 2.48. The Labute approximate surface area is 176 Å². The van der Waals surface area contributed by atoms with Crippen LogP contribution in [0.3, 0.4) is 0 Å². The van der Waals surface area contributed by atoms with Crippen LogP contribution in [0.15, 0.2) is 54.6 Å². The van der Waals surface area contributed by atoms with E-state index in [-0.39, 0.29) is 5.41 Å². The zero-order valence-electron chi connectivity index (χ0n) is 18.3. The molecule has 29 heavy (non-hydrogen) atoms. The average Bonchev–Trinajstić information content (AvgIpc) is 2.69. The van der Waals surface area contributed by atoms with Gasteiger partial charge in [-0.25, -0.2) is 0 Å². The van der Waals surface area contributed by atoms with E-state index in [2.05, 4.69) is 82.8 Å². The molecule has 0 amide bonds. The number of allylic oxidation sites excluding steroid dienone is 3. The molecule has 2 aromatic carbocycles. The molecule has 2 unspecified atom stereocenters. The van der Waals surface area contributed by atoms with Crippen LogP contribution >= 0.6 is 0 Å². The van der Waals surface area contributed by atoms with Gasteiger partial charge in [-0.1, -0.05) is 88.4 Å². The molecule has 0 heteroatoms. The second kappa shape index (κ2) is 6.59. The van der Waals surface area contributed by atoms with E-state index in [4.69, 9.17) is 0 Å². The molecule has 0 spiro atoms. The average molecular weight is 381 g/mol. The number of fused-ring (bicyclic) bond motifs is 6. The molecule has 2 atom stereocenters. The van der Waals surface area contributed by atoms with Gasteiger partial charge in [0.1, 0.15) is 0 Å². The zero-order valence-corrected chi connectivity index (χ0v) is 18.3. The molecule has 0 radical (unpaired) electrons. The van der Waals surface area contributed by atoms with Crippen molar-refractivity contribution in [1.29, 1.82) is 0 Å². The lowest BCUT2D eigenvalue weighted by Gasteiger charge is -2.39. The van der Waals surface area contributed by atoms with Gasteiger partial charge in [0.25, 0.3) is 0 Å². The van der Waals surface area contributed by atoms with Gasteiger partial charge in [-0.3, -0.25) is 0 Å². The highest BCUT2D eigenvalue weighted by molar-refractivity contribution is 5.90. The predicted octanol–water partition coefficient (Wildman–Crippen LogP) is 7.20. The van der Waals surface area contributed by atoms with Gasteiger partial charge in [-0.15, -0.1) is 0 Å². The standard InChI is InChI=1S/C29H32/c1-18-13-23(21-9-7-6-8-10-21)28-26(14-18)25-16-20(3)19(2)15-24(25)22-11-12-29(4,5)17-27(22)28/h6-13,19-20H,1,14-17H2,2-5H3. The third-order valence-electron chi connectivity index (χ3n) is 7.45. The molecule has 0 aliphatic heterocycles. The van der Waals surface area contributed by atoms with E-state index in [9.17, 15) is 0 Å². The van der Waals surface area contributed by atoms with Crippen molar-refractivity contribution in [2.24, 2.45) is 17.3 Å². The lowest BCUT2D eigenvalue weighted by molar-refractivity contribution is 0.358. The summed E-state index contributed by atoms with van der Waals surface area (Å²) in [5.41, 5.74) is 13.6. The van der Waals surface area contributed by atoms with Crippen molar-refractivity contribution >= 4 is 11.6 Å². The fraction of sp³-hybridized carbons (Fsp3) is 0.379. The molecule has 0 aromatic heterocycles. The van der Waals surface area contributed by atoms with Crippen molar-refractivity contribution in [2.75, 3.05) is 0 Å². The number of hydrogen-bond donors (Lipinski definition) is 0. The largest absolute Gasteiger partial charge is 0.0955 e. The Morgan fingerprint density at radius 3 is 2.31 bits per heavy atom. The van der Waals surface area contributed by atoms with E-state index in [1.165, 1.54) is 40.7 Å². The minimum Gasteiger partial charge on any atom is -0.0955 e. The van der Waals surface area contributed by atoms with Gasteiger partial charge in [0, 0.05) is 0 Å². The van der Waals surface area contributed by atoms with Crippen LogP contribution in [0.1, 0.15) is 66.6 Å². The Hall–Kier alpha value is -2.34. The molecule has 5 rings (SSSR count). The first kappa shape index (κ1) is 18.7. The molecule has 148 valence electrons. The van der Waals surface area contributed by atoms with Crippen molar-refractivity contribution in [3.8, 4) is 0 Å². The molecular formula is C29H32. The first-order chi connectivity index (χ1) is 13.8. The van der Waals surface area contributed by atoms with Gasteiger partial charge in [-0.2, -0.15) is 0 Å². The number of benzene rings is 2. The summed E-state index contributed by atoms with van der Waals surface area (Å²) in [6.45, 7) is 14.0. The maximum absolute atomic E-state index is 4.42. The fourth-order valence-corrected chi connectivity index (χ4v) is 5.65. The molecule has 0 bridgehead atoms. The van der Waals surface area contributed by atoms with Gasteiger partial charge >= 0.3 is 0 Å². The van der Waals surface area contributed by atoms with E-state index >= 15 is 0 Å². The van der Waals surface area contributed by atoms with Crippen LogP contribution in [-0.4, -0.2) is 0 Å². The van der Waals surface area contributed by atoms with E-state index in [1.54, 1.807) is 22.3 Å². The third-order valence-corrected chi connectivity index (χ3v) is 7.45. The molecule has 0 saturated carbocycles. The van der Waals surface area contributed by atoms with Gasteiger partial charge in [0.15, 0.2) is 0 Å². The second-order valence-electron chi connectivity index (χ2n) is 10.3. The normalized spacial score (nSPS) is 24.4. The first-order valence-electron chi connectivity index (χ1n) is 11.2. The zero-order chi connectivity index (χ0) is 20.3. The summed E-state index contributed by atoms with van der Waals surface area (Å²) >= 11 is 0. The smallest absolute Gasteiger partial charge is 0.00223 e. The highest BCUT2D eigenvalue weighted by Gasteiger charge is 2.35. The van der Waals surface area contributed by atoms with Crippen LogP contribution in [0.25, 0.3) is 11.6 Å². The van der Waals surface area contributed by atoms with Crippen LogP contribution < -0.4 is 0 Å². The van der Waals surface area contributed by atoms with E-state index < -0.39 is 0 Å². The summed E-state index contributed by atoms with van der Waals surface area (Å²) in [6, 6.07) is 10.9. The van der Waals surface area contributed by atoms with E-state index in [1.807, 2.05) is 0 Å². The Bertz CT molecular complexity index is 1060.